The minimum absolute atomic E-state index is 0.168. The quantitative estimate of drug-likeness (QED) is 0.644. The summed E-state index contributed by atoms with van der Waals surface area (Å²) in [6.45, 7) is 1.78. The molecule has 0 spiro atoms. The van der Waals surface area contributed by atoms with Gasteiger partial charge in [-0.25, -0.2) is 4.98 Å². The smallest absolute Gasteiger partial charge is 0.307 e. The highest BCUT2D eigenvalue weighted by molar-refractivity contribution is 6.31. The number of carboxylic acid groups (broad SMARTS) is 1. The van der Waals surface area contributed by atoms with Gasteiger partial charge in [-0.15, -0.1) is 0 Å². The molecule has 0 atom stereocenters. The van der Waals surface area contributed by atoms with E-state index in [0.717, 1.165) is 5.69 Å². The van der Waals surface area contributed by atoms with E-state index in [4.69, 9.17) is 16.7 Å². The highest BCUT2D eigenvalue weighted by Crippen LogP contribution is 2.27. The number of H-pyrrole nitrogens is 2. The van der Waals surface area contributed by atoms with E-state index < -0.39 is 5.97 Å². The van der Waals surface area contributed by atoms with Crippen LogP contribution in [-0.2, 0) is 11.2 Å². The molecule has 3 N–H and O–H groups in total. The van der Waals surface area contributed by atoms with Crippen molar-refractivity contribution in [2.45, 2.75) is 13.3 Å². The third kappa shape index (κ3) is 2.48. The molecule has 0 radical (unpaired) electrons. The molecule has 3 aromatic rings. The third-order valence-corrected chi connectivity index (χ3v) is 3.58. The first-order valence-corrected chi connectivity index (χ1v) is 6.91. The van der Waals surface area contributed by atoms with Crippen LogP contribution in [0, 0.1) is 6.92 Å². The number of imidazole rings is 1. The van der Waals surface area contributed by atoms with Crippen molar-refractivity contribution in [3.63, 3.8) is 0 Å². The van der Waals surface area contributed by atoms with Crippen molar-refractivity contribution in [1.29, 1.82) is 0 Å². The second-order valence-electron chi connectivity index (χ2n) is 4.98. The topological polar surface area (TPSA) is 98.8 Å². The van der Waals surface area contributed by atoms with Crippen molar-refractivity contribution in [3.05, 3.63) is 52.2 Å². The van der Waals surface area contributed by atoms with E-state index in [1.54, 1.807) is 31.3 Å². The molecule has 0 saturated heterocycles. The number of hydrogen-bond donors (Lipinski definition) is 3. The Labute approximate surface area is 130 Å². The van der Waals surface area contributed by atoms with Crippen molar-refractivity contribution in [2.24, 2.45) is 0 Å². The Bertz CT molecular complexity index is 895. The van der Waals surface area contributed by atoms with E-state index >= 15 is 0 Å². The molecule has 0 unspecified atom stereocenters. The fourth-order valence-electron chi connectivity index (χ4n) is 2.40. The Hall–Kier alpha value is -2.60. The van der Waals surface area contributed by atoms with Crippen molar-refractivity contribution >= 4 is 34.3 Å². The molecule has 7 heteroatoms. The molecule has 0 aliphatic rings. The average molecular weight is 318 g/mol. The maximum Gasteiger partial charge on any atom is 0.307 e. The molecule has 2 aromatic heterocycles. The number of halogens is 1. The Morgan fingerprint density at radius 1 is 1.32 bits per heavy atom. The summed E-state index contributed by atoms with van der Waals surface area (Å²) in [5.74, 6) is -1.22. The van der Waals surface area contributed by atoms with Gasteiger partial charge >= 0.3 is 5.97 Å². The Balaban J connectivity index is 2.18. The molecule has 112 valence electrons. The predicted octanol–water partition coefficient (Wildman–Crippen LogP) is 2.71. The summed E-state index contributed by atoms with van der Waals surface area (Å²) >= 11 is 5.95. The van der Waals surface area contributed by atoms with Crippen LogP contribution in [0.3, 0.4) is 0 Å². The van der Waals surface area contributed by atoms with Crippen LogP contribution in [0.5, 0.6) is 0 Å². The minimum atomic E-state index is -1.01. The number of aromatic nitrogens is 3. The largest absolute Gasteiger partial charge is 0.481 e. The average Bonchev–Trinajstić information content (AvgIpc) is 3.02. The standard InChI is InChI=1S/C15H12ClN3O3/c1-7-6-17-15(18-7)14(22)13-10(5-12(20)21)9-3-2-8(16)4-11(9)19-13/h2-4,6,19H,5H2,1H3,(H,17,18)(H,20,21). The van der Waals surface area contributed by atoms with E-state index in [-0.39, 0.29) is 23.7 Å². The summed E-state index contributed by atoms with van der Waals surface area (Å²) in [4.78, 5) is 33.5. The molecule has 6 nitrogen and oxygen atoms in total. The second-order valence-corrected chi connectivity index (χ2v) is 5.42. The Morgan fingerprint density at radius 3 is 2.73 bits per heavy atom. The fourth-order valence-corrected chi connectivity index (χ4v) is 2.58. The molecule has 0 amide bonds. The summed E-state index contributed by atoms with van der Waals surface area (Å²) in [7, 11) is 0. The van der Waals surface area contributed by atoms with Crippen molar-refractivity contribution < 1.29 is 14.7 Å². The Morgan fingerprint density at radius 2 is 2.09 bits per heavy atom. The van der Waals surface area contributed by atoms with Gasteiger partial charge < -0.3 is 15.1 Å². The molecule has 0 fully saturated rings. The number of nitrogens with zero attached hydrogens (tertiary/aromatic N) is 1. The van der Waals surface area contributed by atoms with Crippen molar-refractivity contribution in [1.82, 2.24) is 15.0 Å². The molecular formula is C15H12ClN3O3. The number of carbonyl (C=O) groups excluding carboxylic acids is 1. The van der Waals surface area contributed by atoms with Crippen LogP contribution in [0.15, 0.2) is 24.4 Å². The summed E-state index contributed by atoms with van der Waals surface area (Å²) in [6.07, 6.45) is 1.28. The lowest BCUT2D eigenvalue weighted by molar-refractivity contribution is -0.136. The van der Waals surface area contributed by atoms with Crippen LogP contribution in [0.1, 0.15) is 27.6 Å². The van der Waals surface area contributed by atoms with Crippen LogP contribution >= 0.6 is 11.6 Å². The SMILES string of the molecule is Cc1cnc(C(=O)c2[nH]c3cc(Cl)ccc3c2CC(=O)O)[nH]1. The number of rotatable bonds is 4. The van der Waals surface area contributed by atoms with Gasteiger partial charge in [0.05, 0.1) is 12.1 Å². The van der Waals surface area contributed by atoms with Gasteiger partial charge in [-0.1, -0.05) is 17.7 Å². The number of hydrogen-bond acceptors (Lipinski definition) is 3. The number of aryl methyl sites for hydroxylation is 1. The van der Waals surface area contributed by atoms with Gasteiger partial charge in [0.2, 0.25) is 5.78 Å². The number of carboxylic acids is 1. The number of aliphatic carboxylic acids is 1. The molecule has 0 saturated carbocycles. The zero-order valence-electron chi connectivity index (χ0n) is 11.6. The summed E-state index contributed by atoms with van der Waals surface area (Å²) in [6, 6.07) is 5.03. The highest BCUT2D eigenvalue weighted by Gasteiger charge is 2.22. The lowest BCUT2D eigenvalue weighted by atomic mass is 10.1. The molecule has 0 aliphatic heterocycles. The maximum atomic E-state index is 12.6. The zero-order valence-corrected chi connectivity index (χ0v) is 12.4. The number of benzene rings is 1. The minimum Gasteiger partial charge on any atom is -0.481 e. The summed E-state index contributed by atoms with van der Waals surface area (Å²) < 4.78 is 0. The van der Waals surface area contributed by atoms with Crippen LogP contribution < -0.4 is 0 Å². The van der Waals surface area contributed by atoms with E-state index in [2.05, 4.69) is 15.0 Å². The number of ketones is 1. The first-order chi connectivity index (χ1) is 10.5. The molecular weight excluding hydrogens is 306 g/mol. The maximum absolute atomic E-state index is 12.6. The van der Waals surface area contributed by atoms with Crippen LogP contribution in [0.4, 0.5) is 0 Å². The highest BCUT2D eigenvalue weighted by atomic mass is 35.5. The van der Waals surface area contributed by atoms with E-state index in [0.29, 0.717) is 21.5 Å². The molecule has 0 bridgehead atoms. The van der Waals surface area contributed by atoms with Gasteiger partial charge in [0.25, 0.3) is 0 Å². The fraction of sp³-hybridized carbons (Fsp3) is 0.133. The molecule has 22 heavy (non-hydrogen) atoms. The van der Waals surface area contributed by atoms with Crippen LogP contribution in [0.25, 0.3) is 10.9 Å². The first-order valence-electron chi connectivity index (χ1n) is 6.54. The van der Waals surface area contributed by atoms with Gasteiger partial charge in [-0.05, 0) is 19.1 Å². The number of carbonyl (C=O) groups is 2. The molecule has 0 aliphatic carbocycles. The van der Waals surface area contributed by atoms with E-state index in [1.165, 1.54) is 0 Å². The number of fused-ring (bicyclic) bond motifs is 1. The normalized spacial score (nSPS) is 11.0. The number of aromatic amines is 2. The van der Waals surface area contributed by atoms with E-state index in [1.807, 2.05) is 0 Å². The van der Waals surface area contributed by atoms with Gasteiger partial charge in [0, 0.05) is 33.4 Å². The van der Waals surface area contributed by atoms with Crippen LogP contribution in [0.2, 0.25) is 5.02 Å². The van der Waals surface area contributed by atoms with Crippen molar-refractivity contribution in [2.75, 3.05) is 0 Å². The third-order valence-electron chi connectivity index (χ3n) is 3.34. The van der Waals surface area contributed by atoms with Gasteiger partial charge in [0.15, 0.2) is 5.82 Å². The summed E-state index contributed by atoms with van der Waals surface area (Å²) in [5, 5.41) is 10.3. The molecule has 2 heterocycles. The zero-order chi connectivity index (χ0) is 15.9. The second kappa shape index (κ2) is 5.31. The monoisotopic (exact) mass is 317 g/mol. The van der Waals surface area contributed by atoms with Gasteiger partial charge in [0.1, 0.15) is 0 Å². The van der Waals surface area contributed by atoms with Gasteiger partial charge in [-0.2, -0.15) is 0 Å². The number of nitrogens with one attached hydrogen (secondary N) is 2. The lowest BCUT2D eigenvalue weighted by Crippen LogP contribution is -2.10. The predicted molar refractivity (Wildman–Crippen MR) is 81.4 cm³/mol. The summed E-state index contributed by atoms with van der Waals surface area (Å²) in [5.41, 5.74) is 2.02. The van der Waals surface area contributed by atoms with Crippen molar-refractivity contribution in [3.8, 4) is 0 Å². The van der Waals surface area contributed by atoms with Gasteiger partial charge in [-0.3, -0.25) is 9.59 Å². The van der Waals surface area contributed by atoms with E-state index in [9.17, 15) is 9.59 Å². The Kier molecular flexibility index (Phi) is 3.46. The van der Waals surface area contributed by atoms with Crippen LogP contribution in [-0.4, -0.2) is 31.8 Å². The molecule has 1 aromatic carbocycles. The first kappa shape index (κ1) is 14.3. The molecule has 3 rings (SSSR count). The lowest BCUT2D eigenvalue weighted by Gasteiger charge is -2.00.